The molecule has 1 unspecified atom stereocenters. The summed E-state index contributed by atoms with van der Waals surface area (Å²) < 4.78 is 7.14. The molecule has 1 aromatic heterocycles. The lowest BCUT2D eigenvalue weighted by Crippen LogP contribution is -2.13. The summed E-state index contributed by atoms with van der Waals surface area (Å²) in [5, 5.41) is 0. The zero-order chi connectivity index (χ0) is 14.8. The molecule has 2 aromatic rings. The van der Waals surface area contributed by atoms with Crippen molar-refractivity contribution < 1.29 is 4.42 Å². The Labute approximate surface area is 133 Å². The minimum Gasteiger partial charge on any atom is -0.408 e. The fourth-order valence-corrected chi connectivity index (χ4v) is 4.20. The maximum absolute atomic E-state index is 11.9. The van der Waals surface area contributed by atoms with Crippen molar-refractivity contribution in [2.24, 2.45) is 5.92 Å². The molecular weight excluding hydrogens is 330 g/mol. The average Bonchev–Trinajstić information content (AvgIpc) is 2.83. The largest absolute Gasteiger partial charge is 0.419 e. The fourth-order valence-electron chi connectivity index (χ4n) is 3.39. The van der Waals surface area contributed by atoms with Crippen molar-refractivity contribution in [1.29, 1.82) is 0 Å². The molecule has 0 N–H and O–H groups in total. The third-order valence-corrected chi connectivity index (χ3v) is 5.80. The number of rotatable bonds is 4. The SMILES string of the molecule is CCCn1c(=O)oc2cc(C(Br)C3CCCCC3)ccc21. The molecule has 3 rings (SSSR count). The number of aromatic nitrogens is 1. The number of nitrogens with zero attached hydrogens (tertiary/aromatic N) is 1. The van der Waals surface area contributed by atoms with Crippen LogP contribution >= 0.6 is 15.9 Å². The summed E-state index contributed by atoms with van der Waals surface area (Å²) in [5.74, 6) is 0.452. The van der Waals surface area contributed by atoms with Gasteiger partial charge in [0.1, 0.15) is 0 Å². The fraction of sp³-hybridized carbons (Fsp3) is 0.588. The second-order valence-corrected chi connectivity index (χ2v) is 7.03. The highest BCUT2D eigenvalue weighted by Gasteiger charge is 2.23. The summed E-state index contributed by atoms with van der Waals surface area (Å²) in [7, 11) is 0. The summed E-state index contributed by atoms with van der Waals surface area (Å²) >= 11 is 3.86. The normalized spacial score (nSPS) is 18.2. The van der Waals surface area contributed by atoms with Gasteiger partial charge in [-0.1, -0.05) is 48.2 Å². The van der Waals surface area contributed by atoms with Crippen molar-refractivity contribution in [3.63, 3.8) is 0 Å². The molecule has 1 fully saturated rings. The Hall–Kier alpha value is -1.03. The zero-order valence-electron chi connectivity index (χ0n) is 12.5. The zero-order valence-corrected chi connectivity index (χ0v) is 14.1. The summed E-state index contributed by atoms with van der Waals surface area (Å²) in [4.78, 5) is 12.3. The first-order chi connectivity index (χ1) is 10.2. The molecule has 3 nitrogen and oxygen atoms in total. The predicted molar refractivity (Wildman–Crippen MR) is 89.0 cm³/mol. The van der Waals surface area contributed by atoms with Gasteiger partial charge in [-0.15, -0.1) is 0 Å². The van der Waals surface area contributed by atoms with E-state index < -0.39 is 0 Å². The molecule has 1 aliphatic carbocycles. The lowest BCUT2D eigenvalue weighted by Gasteiger charge is -2.26. The van der Waals surface area contributed by atoms with Gasteiger partial charge in [0.15, 0.2) is 5.58 Å². The summed E-state index contributed by atoms with van der Waals surface area (Å²) in [6, 6.07) is 6.21. The smallest absolute Gasteiger partial charge is 0.408 e. The van der Waals surface area contributed by atoms with Gasteiger partial charge in [0.25, 0.3) is 0 Å². The molecule has 0 bridgehead atoms. The van der Waals surface area contributed by atoms with Gasteiger partial charge in [-0.05, 0) is 42.9 Å². The molecule has 0 amide bonds. The van der Waals surface area contributed by atoms with Gasteiger partial charge in [0.2, 0.25) is 0 Å². The van der Waals surface area contributed by atoms with E-state index in [-0.39, 0.29) is 5.76 Å². The maximum atomic E-state index is 11.9. The van der Waals surface area contributed by atoms with Crippen LogP contribution in [-0.2, 0) is 6.54 Å². The van der Waals surface area contributed by atoms with Crippen molar-refractivity contribution in [1.82, 2.24) is 4.57 Å². The van der Waals surface area contributed by atoms with E-state index in [2.05, 4.69) is 28.9 Å². The highest BCUT2D eigenvalue weighted by atomic mass is 79.9. The van der Waals surface area contributed by atoms with E-state index in [0.717, 1.165) is 11.9 Å². The minimum atomic E-state index is -0.243. The molecule has 1 saturated carbocycles. The minimum absolute atomic E-state index is 0.243. The Bertz CT molecular complexity index is 667. The first-order valence-corrected chi connectivity index (χ1v) is 8.89. The van der Waals surface area contributed by atoms with Crippen molar-refractivity contribution in [3.8, 4) is 0 Å². The third kappa shape index (κ3) is 2.96. The van der Waals surface area contributed by atoms with Crippen LogP contribution in [0.4, 0.5) is 0 Å². The van der Waals surface area contributed by atoms with Gasteiger partial charge < -0.3 is 4.42 Å². The predicted octanol–water partition coefficient (Wildman–Crippen LogP) is 5.02. The quantitative estimate of drug-likeness (QED) is 0.724. The van der Waals surface area contributed by atoms with Crippen molar-refractivity contribution in [2.45, 2.75) is 56.8 Å². The van der Waals surface area contributed by atoms with Crippen molar-refractivity contribution >= 4 is 27.0 Å². The van der Waals surface area contributed by atoms with Crippen LogP contribution in [0.2, 0.25) is 0 Å². The number of fused-ring (bicyclic) bond motifs is 1. The molecule has 21 heavy (non-hydrogen) atoms. The standard InChI is InChI=1S/C17H22BrNO2/c1-2-10-19-14-9-8-13(11-15(14)21-17(19)20)16(18)12-6-4-3-5-7-12/h8-9,11-12,16H,2-7,10H2,1H3. The van der Waals surface area contributed by atoms with Crippen LogP contribution in [-0.4, -0.2) is 4.57 Å². The molecule has 0 saturated heterocycles. The second kappa shape index (κ2) is 6.39. The molecule has 4 heteroatoms. The van der Waals surface area contributed by atoms with Crippen LogP contribution in [0.15, 0.2) is 27.4 Å². The van der Waals surface area contributed by atoms with Crippen molar-refractivity contribution in [3.05, 3.63) is 34.3 Å². The number of oxazole rings is 1. The molecular formula is C17H22BrNO2. The average molecular weight is 352 g/mol. The van der Waals surface area contributed by atoms with Gasteiger partial charge in [0.05, 0.1) is 5.52 Å². The van der Waals surface area contributed by atoms with E-state index >= 15 is 0 Å². The topological polar surface area (TPSA) is 35.1 Å². The van der Waals surface area contributed by atoms with Crippen LogP contribution in [0.1, 0.15) is 55.8 Å². The van der Waals surface area contributed by atoms with E-state index in [4.69, 9.17) is 4.42 Å². The number of alkyl halides is 1. The van der Waals surface area contributed by atoms with Gasteiger partial charge in [-0.3, -0.25) is 4.57 Å². The first-order valence-electron chi connectivity index (χ1n) is 7.98. The van der Waals surface area contributed by atoms with E-state index in [9.17, 15) is 4.79 Å². The molecule has 0 aliphatic heterocycles. The number of halogens is 1. The van der Waals surface area contributed by atoms with Crippen molar-refractivity contribution in [2.75, 3.05) is 0 Å². The first kappa shape index (κ1) is 14.9. The van der Waals surface area contributed by atoms with Gasteiger partial charge in [-0.25, -0.2) is 4.79 Å². The van der Waals surface area contributed by atoms with E-state index in [0.29, 0.717) is 22.9 Å². The third-order valence-electron chi connectivity index (χ3n) is 4.52. The van der Waals surface area contributed by atoms with E-state index in [1.165, 1.54) is 37.7 Å². The highest BCUT2D eigenvalue weighted by Crippen LogP contribution is 2.40. The molecule has 0 spiro atoms. The Kier molecular flexibility index (Phi) is 4.53. The van der Waals surface area contributed by atoms with Crippen LogP contribution in [0, 0.1) is 5.92 Å². The molecule has 1 aliphatic rings. The lowest BCUT2D eigenvalue weighted by molar-refractivity contribution is 0.354. The number of aryl methyl sites for hydroxylation is 1. The molecule has 1 heterocycles. The molecule has 0 radical (unpaired) electrons. The Morgan fingerprint density at radius 3 is 2.81 bits per heavy atom. The monoisotopic (exact) mass is 351 g/mol. The molecule has 114 valence electrons. The summed E-state index contributed by atoms with van der Waals surface area (Å²) in [6.07, 6.45) is 7.53. The Morgan fingerprint density at radius 1 is 1.33 bits per heavy atom. The molecule has 1 atom stereocenters. The number of hydrogen-bond donors (Lipinski definition) is 0. The second-order valence-electron chi connectivity index (χ2n) is 6.05. The van der Waals surface area contributed by atoms with Gasteiger partial charge in [-0.2, -0.15) is 0 Å². The maximum Gasteiger partial charge on any atom is 0.419 e. The Morgan fingerprint density at radius 2 is 2.10 bits per heavy atom. The molecule has 1 aromatic carbocycles. The van der Waals surface area contributed by atoms with Gasteiger partial charge in [0, 0.05) is 11.4 Å². The van der Waals surface area contributed by atoms with E-state index in [1.54, 1.807) is 4.57 Å². The van der Waals surface area contributed by atoms with Gasteiger partial charge >= 0.3 is 5.76 Å². The number of benzene rings is 1. The summed E-state index contributed by atoms with van der Waals surface area (Å²) in [5.41, 5.74) is 2.85. The number of hydrogen-bond acceptors (Lipinski definition) is 2. The van der Waals surface area contributed by atoms with Crippen LogP contribution in [0.25, 0.3) is 11.1 Å². The van der Waals surface area contributed by atoms with Crippen LogP contribution in [0.5, 0.6) is 0 Å². The summed E-state index contributed by atoms with van der Waals surface area (Å²) in [6.45, 7) is 2.78. The van der Waals surface area contributed by atoms with Crippen LogP contribution in [0.3, 0.4) is 0 Å². The van der Waals surface area contributed by atoms with Crippen LogP contribution < -0.4 is 5.76 Å². The van der Waals surface area contributed by atoms with E-state index in [1.807, 2.05) is 12.1 Å². The Balaban J connectivity index is 1.92. The highest BCUT2D eigenvalue weighted by molar-refractivity contribution is 9.09. The lowest BCUT2D eigenvalue weighted by atomic mass is 9.85.